The molecule has 1 heterocycles. The van der Waals surface area contributed by atoms with Gasteiger partial charge < -0.3 is 20.1 Å². The molecule has 0 aliphatic carbocycles. The van der Waals surface area contributed by atoms with Crippen molar-refractivity contribution in [3.8, 4) is 5.75 Å². The lowest BCUT2D eigenvalue weighted by atomic mass is 10.2. The van der Waals surface area contributed by atoms with Gasteiger partial charge in [0.1, 0.15) is 18.1 Å². The number of aliphatic hydroxyl groups is 1. The van der Waals surface area contributed by atoms with Crippen LogP contribution in [0.1, 0.15) is 21.7 Å². The molecule has 0 fully saturated rings. The van der Waals surface area contributed by atoms with Crippen LogP contribution >= 0.6 is 0 Å². The fourth-order valence-corrected chi connectivity index (χ4v) is 1.96. The van der Waals surface area contributed by atoms with Crippen molar-refractivity contribution >= 4 is 11.6 Å². The summed E-state index contributed by atoms with van der Waals surface area (Å²) in [7, 11) is 0. The monoisotopic (exact) mass is 274 g/mol. The maximum Gasteiger partial charge on any atom is 0.272 e. The van der Waals surface area contributed by atoms with E-state index in [0.717, 1.165) is 11.3 Å². The number of anilines is 1. The highest BCUT2D eigenvalue weighted by Gasteiger charge is 2.11. The summed E-state index contributed by atoms with van der Waals surface area (Å²) in [5.41, 5.74) is 3.14. The topological polar surface area (TPSA) is 74.3 Å². The number of rotatable bonds is 5. The Morgan fingerprint density at radius 2 is 2.00 bits per heavy atom. The maximum atomic E-state index is 12.1. The van der Waals surface area contributed by atoms with E-state index in [0.29, 0.717) is 17.1 Å². The lowest BCUT2D eigenvalue weighted by Gasteiger charge is -2.07. The third-order valence-corrected chi connectivity index (χ3v) is 2.85. The van der Waals surface area contributed by atoms with Gasteiger partial charge in [-0.2, -0.15) is 0 Å². The molecule has 5 nitrogen and oxygen atoms in total. The Kier molecular flexibility index (Phi) is 4.42. The van der Waals surface area contributed by atoms with Crippen LogP contribution in [-0.4, -0.2) is 29.2 Å². The average molecular weight is 274 g/mol. The molecule has 3 N–H and O–H groups in total. The highest BCUT2D eigenvalue weighted by Crippen LogP contribution is 2.17. The Morgan fingerprint density at radius 3 is 2.55 bits per heavy atom. The van der Waals surface area contributed by atoms with Gasteiger partial charge in [0.2, 0.25) is 0 Å². The number of aliphatic hydroxyl groups excluding tert-OH is 1. The minimum Gasteiger partial charge on any atom is -0.491 e. The van der Waals surface area contributed by atoms with Crippen molar-refractivity contribution in [2.24, 2.45) is 0 Å². The van der Waals surface area contributed by atoms with E-state index in [1.54, 1.807) is 24.3 Å². The number of H-pyrrole nitrogens is 1. The Balaban J connectivity index is 2.02. The molecule has 0 radical (unpaired) electrons. The Hall–Kier alpha value is -2.27. The van der Waals surface area contributed by atoms with Crippen LogP contribution in [0.25, 0.3) is 0 Å². The van der Waals surface area contributed by atoms with Gasteiger partial charge in [0.15, 0.2) is 0 Å². The fraction of sp³-hybridized carbons (Fsp3) is 0.267. The molecule has 0 bridgehead atoms. The Labute approximate surface area is 117 Å². The first kappa shape index (κ1) is 14.1. The van der Waals surface area contributed by atoms with Crippen LogP contribution in [0.15, 0.2) is 30.3 Å². The number of carbonyl (C=O) groups excluding carboxylic acids is 1. The molecule has 0 atom stereocenters. The summed E-state index contributed by atoms with van der Waals surface area (Å²) in [6, 6.07) is 8.95. The number of hydrogen-bond donors (Lipinski definition) is 3. The Bertz CT molecular complexity index is 588. The van der Waals surface area contributed by atoms with Crippen molar-refractivity contribution in [2.45, 2.75) is 13.8 Å². The first-order valence-corrected chi connectivity index (χ1v) is 6.41. The molecule has 2 rings (SSSR count). The van der Waals surface area contributed by atoms with Crippen LogP contribution in [0, 0.1) is 13.8 Å². The predicted octanol–water partition coefficient (Wildman–Crippen LogP) is 2.25. The lowest BCUT2D eigenvalue weighted by Crippen LogP contribution is -2.13. The van der Waals surface area contributed by atoms with Crippen molar-refractivity contribution in [1.29, 1.82) is 0 Å². The van der Waals surface area contributed by atoms with Crippen molar-refractivity contribution in [2.75, 3.05) is 18.5 Å². The molecule has 106 valence electrons. The largest absolute Gasteiger partial charge is 0.491 e. The van der Waals surface area contributed by atoms with Crippen LogP contribution in [-0.2, 0) is 0 Å². The first-order chi connectivity index (χ1) is 9.60. The normalized spacial score (nSPS) is 10.3. The molecule has 1 aromatic heterocycles. The van der Waals surface area contributed by atoms with Crippen LogP contribution in [0.2, 0.25) is 0 Å². The summed E-state index contributed by atoms with van der Waals surface area (Å²) in [5.74, 6) is 0.489. The summed E-state index contributed by atoms with van der Waals surface area (Å²) >= 11 is 0. The molecule has 0 saturated heterocycles. The zero-order valence-corrected chi connectivity index (χ0v) is 11.6. The van der Waals surface area contributed by atoms with E-state index in [2.05, 4.69) is 10.3 Å². The van der Waals surface area contributed by atoms with Gasteiger partial charge >= 0.3 is 0 Å². The molecular weight excluding hydrogens is 256 g/mol. The minimum atomic E-state index is -0.167. The number of aromatic nitrogens is 1. The summed E-state index contributed by atoms with van der Waals surface area (Å²) < 4.78 is 5.25. The van der Waals surface area contributed by atoms with Gasteiger partial charge in [-0.05, 0) is 49.7 Å². The highest BCUT2D eigenvalue weighted by atomic mass is 16.5. The second-order valence-electron chi connectivity index (χ2n) is 4.56. The summed E-state index contributed by atoms with van der Waals surface area (Å²) in [4.78, 5) is 15.1. The summed E-state index contributed by atoms with van der Waals surface area (Å²) in [6.07, 6.45) is 0. The number of aromatic amines is 1. The van der Waals surface area contributed by atoms with Crippen molar-refractivity contribution < 1.29 is 14.6 Å². The van der Waals surface area contributed by atoms with E-state index in [4.69, 9.17) is 9.84 Å². The Morgan fingerprint density at radius 1 is 1.30 bits per heavy atom. The molecular formula is C15H18N2O3. The molecule has 0 saturated carbocycles. The number of carbonyl (C=O) groups is 1. The second kappa shape index (κ2) is 6.25. The van der Waals surface area contributed by atoms with Gasteiger partial charge in [-0.25, -0.2) is 0 Å². The SMILES string of the molecule is Cc1cc(C)c(C(=O)Nc2ccc(OCCO)cc2)[nH]1. The van der Waals surface area contributed by atoms with Crippen molar-refractivity contribution in [1.82, 2.24) is 4.98 Å². The third-order valence-electron chi connectivity index (χ3n) is 2.85. The molecule has 1 amide bonds. The summed E-state index contributed by atoms with van der Waals surface area (Å²) in [6.45, 7) is 4.04. The minimum absolute atomic E-state index is 0.0239. The maximum absolute atomic E-state index is 12.1. The van der Waals surface area contributed by atoms with Crippen molar-refractivity contribution in [3.05, 3.63) is 47.3 Å². The van der Waals surface area contributed by atoms with E-state index < -0.39 is 0 Å². The van der Waals surface area contributed by atoms with Crippen molar-refractivity contribution in [3.63, 3.8) is 0 Å². The van der Waals surface area contributed by atoms with Crippen LogP contribution in [0.5, 0.6) is 5.75 Å². The lowest BCUT2D eigenvalue weighted by molar-refractivity contribution is 0.102. The van der Waals surface area contributed by atoms with Crippen LogP contribution in [0.3, 0.4) is 0 Å². The number of amides is 1. The van der Waals surface area contributed by atoms with Crippen LogP contribution in [0.4, 0.5) is 5.69 Å². The van der Waals surface area contributed by atoms with E-state index >= 15 is 0 Å². The van der Waals surface area contributed by atoms with E-state index in [9.17, 15) is 4.79 Å². The van der Waals surface area contributed by atoms with Gasteiger partial charge in [-0.3, -0.25) is 4.79 Å². The van der Waals surface area contributed by atoms with Gasteiger partial charge in [-0.1, -0.05) is 0 Å². The molecule has 20 heavy (non-hydrogen) atoms. The number of ether oxygens (including phenoxy) is 1. The zero-order chi connectivity index (χ0) is 14.5. The average Bonchev–Trinajstić information content (AvgIpc) is 2.77. The van der Waals surface area contributed by atoms with Gasteiger partial charge in [0, 0.05) is 11.4 Å². The molecule has 0 aliphatic heterocycles. The number of hydrogen-bond acceptors (Lipinski definition) is 3. The summed E-state index contributed by atoms with van der Waals surface area (Å²) in [5, 5.41) is 11.5. The second-order valence-corrected chi connectivity index (χ2v) is 4.56. The van der Waals surface area contributed by atoms with E-state index in [1.807, 2.05) is 19.9 Å². The standard InChI is InChI=1S/C15H18N2O3/c1-10-9-11(2)16-14(10)15(19)17-12-3-5-13(6-4-12)20-8-7-18/h3-6,9,16,18H,7-8H2,1-2H3,(H,17,19). The highest BCUT2D eigenvalue weighted by molar-refractivity contribution is 6.04. The quantitative estimate of drug-likeness (QED) is 0.783. The zero-order valence-electron chi connectivity index (χ0n) is 11.6. The predicted molar refractivity (Wildman–Crippen MR) is 77.2 cm³/mol. The van der Waals surface area contributed by atoms with Gasteiger partial charge in [0.25, 0.3) is 5.91 Å². The molecule has 0 spiro atoms. The number of benzene rings is 1. The van der Waals surface area contributed by atoms with E-state index in [-0.39, 0.29) is 19.1 Å². The molecule has 1 aromatic carbocycles. The molecule has 0 aliphatic rings. The molecule has 0 unspecified atom stereocenters. The number of nitrogens with one attached hydrogen (secondary N) is 2. The van der Waals surface area contributed by atoms with Gasteiger partial charge in [-0.15, -0.1) is 0 Å². The third kappa shape index (κ3) is 3.39. The molecule has 2 aromatic rings. The fourth-order valence-electron chi connectivity index (χ4n) is 1.96. The smallest absolute Gasteiger partial charge is 0.272 e. The van der Waals surface area contributed by atoms with E-state index in [1.165, 1.54) is 0 Å². The van der Waals surface area contributed by atoms with Crippen LogP contribution < -0.4 is 10.1 Å². The molecule has 5 heteroatoms. The first-order valence-electron chi connectivity index (χ1n) is 6.41. The number of aryl methyl sites for hydroxylation is 2. The van der Waals surface area contributed by atoms with Gasteiger partial charge in [0.05, 0.1) is 6.61 Å².